The Morgan fingerprint density at radius 3 is 2.65 bits per heavy atom. The van der Waals surface area contributed by atoms with Crippen molar-refractivity contribution in [3.05, 3.63) is 30.3 Å². The van der Waals surface area contributed by atoms with Crippen molar-refractivity contribution in [2.45, 2.75) is 31.7 Å². The van der Waals surface area contributed by atoms with Crippen molar-refractivity contribution < 1.29 is 29.0 Å². The van der Waals surface area contributed by atoms with E-state index in [1.54, 1.807) is 24.3 Å². The van der Waals surface area contributed by atoms with Crippen LogP contribution in [0.4, 0.5) is 0 Å². The molecule has 0 bridgehead atoms. The summed E-state index contributed by atoms with van der Waals surface area (Å²) in [5.41, 5.74) is 0. The Labute approximate surface area is 150 Å². The predicted molar refractivity (Wildman–Crippen MR) is 90.8 cm³/mol. The number of aliphatic hydroxyl groups is 1. The van der Waals surface area contributed by atoms with Gasteiger partial charge in [0.15, 0.2) is 6.04 Å². The van der Waals surface area contributed by atoms with Crippen molar-refractivity contribution in [1.29, 1.82) is 0 Å². The summed E-state index contributed by atoms with van der Waals surface area (Å²) in [6, 6.07) is 7.92. The fourth-order valence-corrected chi connectivity index (χ4v) is 1.99. The molecule has 0 aromatic heterocycles. The van der Waals surface area contributed by atoms with Crippen molar-refractivity contribution in [1.82, 2.24) is 5.32 Å². The SMILES string of the molecule is O=C=NCCOC(=O)C(CCCCNC(O)Oc1ccccc1)N=C=O. The van der Waals surface area contributed by atoms with Crippen molar-refractivity contribution in [2.75, 3.05) is 19.7 Å². The van der Waals surface area contributed by atoms with Gasteiger partial charge in [-0.2, -0.15) is 4.99 Å². The molecule has 140 valence electrons. The van der Waals surface area contributed by atoms with Gasteiger partial charge < -0.3 is 14.6 Å². The lowest BCUT2D eigenvalue weighted by atomic mass is 10.1. The van der Waals surface area contributed by atoms with Gasteiger partial charge in [0.1, 0.15) is 12.4 Å². The molecule has 2 unspecified atom stereocenters. The lowest BCUT2D eigenvalue weighted by Crippen LogP contribution is -2.34. The molecular weight excluding hydrogens is 342 g/mol. The molecule has 0 amide bonds. The molecule has 1 aromatic carbocycles. The van der Waals surface area contributed by atoms with E-state index in [4.69, 9.17) is 9.47 Å². The average Bonchev–Trinajstić information content (AvgIpc) is 2.64. The lowest BCUT2D eigenvalue weighted by Gasteiger charge is -2.15. The van der Waals surface area contributed by atoms with Gasteiger partial charge in [-0.05, 0) is 31.4 Å². The number of unbranched alkanes of at least 4 members (excludes halogenated alkanes) is 1. The van der Waals surface area contributed by atoms with Crippen LogP contribution in [0.5, 0.6) is 5.75 Å². The number of rotatable bonds is 13. The number of nitrogens with one attached hydrogen (secondary N) is 1. The molecule has 2 N–H and O–H groups in total. The lowest BCUT2D eigenvalue weighted by molar-refractivity contribution is -0.145. The van der Waals surface area contributed by atoms with Gasteiger partial charge in [-0.1, -0.05) is 18.2 Å². The van der Waals surface area contributed by atoms with E-state index in [2.05, 4.69) is 15.3 Å². The van der Waals surface area contributed by atoms with E-state index in [1.807, 2.05) is 6.07 Å². The molecule has 26 heavy (non-hydrogen) atoms. The Morgan fingerprint density at radius 1 is 1.19 bits per heavy atom. The first-order valence-electron chi connectivity index (χ1n) is 8.07. The largest absolute Gasteiger partial charge is 0.462 e. The van der Waals surface area contributed by atoms with Crippen LogP contribution in [0.1, 0.15) is 19.3 Å². The van der Waals surface area contributed by atoms with Crippen molar-refractivity contribution >= 4 is 18.1 Å². The second-order valence-corrected chi connectivity index (χ2v) is 5.11. The van der Waals surface area contributed by atoms with Gasteiger partial charge in [0.2, 0.25) is 12.2 Å². The number of carbonyl (C=O) groups excluding carboxylic acids is 3. The molecule has 2 atom stereocenters. The second-order valence-electron chi connectivity index (χ2n) is 5.11. The minimum Gasteiger partial charge on any atom is -0.462 e. The molecule has 0 fully saturated rings. The third-order valence-electron chi connectivity index (χ3n) is 3.21. The summed E-state index contributed by atoms with van der Waals surface area (Å²) >= 11 is 0. The fraction of sp³-hybridized carbons (Fsp3) is 0.471. The van der Waals surface area contributed by atoms with Crippen LogP contribution in [0.3, 0.4) is 0 Å². The van der Waals surface area contributed by atoms with Crippen molar-refractivity contribution in [3.63, 3.8) is 0 Å². The van der Waals surface area contributed by atoms with Crippen LogP contribution >= 0.6 is 0 Å². The van der Waals surface area contributed by atoms with Gasteiger partial charge in [0, 0.05) is 6.54 Å². The summed E-state index contributed by atoms with van der Waals surface area (Å²) in [5, 5.41) is 12.5. The van der Waals surface area contributed by atoms with E-state index in [9.17, 15) is 19.5 Å². The van der Waals surface area contributed by atoms with Gasteiger partial charge >= 0.3 is 5.97 Å². The Bertz CT molecular complexity index is 627. The summed E-state index contributed by atoms with van der Waals surface area (Å²) in [6.45, 7) is 0.369. The average molecular weight is 363 g/mol. The predicted octanol–water partition coefficient (Wildman–Crippen LogP) is 0.685. The van der Waals surface area contributed by atoms with Gasteiger partial charge in [0.05, 0.1) is 6.54 Å². The number of hydrogen-bond donors (Lipinski definition) is 2. The normalized spacial score (nSPS) is 12.2. The maximum absolute atomic E-state index is 11.8. The highest BCUT2D eigenvalue weighted by Gasteiger charge is 2.18. The fourth-order valence-electron chi connectivity index (χ4n) is 1.99. The summed E-state index contributed by atoms with van der Waals surface area (Å²) in [6.07, 6.45) is 3.00. The maximum atomic E-state index is 11.8. The monoisotopic (exact) mass is 363 g/mol. The number of esters is 1. The number of benzene rings is 1. The van der Waals surface area contributed by atoms with Crippen molar-refractivity contribution in [2.24, 2.45) is 9.98 Å². The zero-order valence-electron chi connectivity index (χ0n) is 14.2. The Kier molecular flexibility index (Phi) is 11.0. The number of aliphatic imine (C=N–C) groups is 2. The zero-order chi connectivity index (χ0) is 19.0. The summed E-state index contributed by atoms with van der Waals surface area (Å²) in [7, 11) is 0. The summed E-state index contributed by atoms with van der Waals surface area (Å²) < 4.78 is 10.1. The number of isocyanates is 2. The molecule has 9 heteroatoms. The molecule has 0 spiro atoms. The molecule has 1 aromatic rings. The van der Waals surface area contributed by atoms with Crippen LogP contribution in [0.25, 0.3) is 0 Å². The Balaban J connectivity index is 2.22. The molecular formula is C17H21N3O6. The van der Waals surface area contributed by atoms with Gasteiger partial charge in [-0.15, -0.1) is 0 Å². The zero-order valence-corrected chi connectivity index (χ0v) is 14.2. The van der Waals surface area contributed by atoms with Crippen LogP contribution in [0, 0.1) is 0 Å². The van der Waals surface area contributed by atoms with E-state index < -0.39 is 18.4 Å². The van der Waals surface area contributed by atoms with E-state index in [0.717, 1.165) is 0 Å². The van der Waals surface area contributed by atoms with Crippen molar-refractivity contribution in [3.8, 4) is 5.75 Å². The second kappa shape index (κ2) is 13.5. The third-order valence-corrected chi connectivity index (χ3v) is 3.21. The molecule has 0 radical (unpaired) electrons. The highest BCUT2D eigenvalue weighted by atomic mass is 16.6. The number of aliphatic hydroxyl groups excluding tert-OH is 1. The van der Waals surface area contributed by atoms with Gasteiger partial charge in [-0.3, -0.25) is 5.32 Å². The van der Waals surface area contributed by atoms with E-state index >= 15 is 0 Å². The molecule has 0 aliphatic rings. The summed E-state index contributed by atoms with van der Waals surface area (Å²) in [5.74, 6) is -0.135. The maximum Gasteiger partial charge on any atom is 0.331 e. The number of para-hydroxylation sites is 1. The molecule has 0 saturated carbocycles. The quantitative estimate of drug-likeness (QED) is 0.173. The minimum atomic E-state index is -1.15. The Morgan fingerprint density at radius 2 is 1.96 bits per heavy atom. The number of ether oxygens (including phenoxy) is 2. The highest BCUT2D eigenvalue weighted by Crippen LogP contribution is 2.09. The number of carbonyl (C=O) groups is 1. The minimum absolute atomic E-state index is 0.00991. The summed E-state index contributed by atoms with van der Waals surface area (Å²) in [4.78, 5) is 38.8. The number of nitrogens with zero attached hydrogens (tertiary/aromatic N) is 2. The highest BCUT2D eigenvalue weighted by molar-refractivity contribution is 5.76. The van der Waals surface area contributed by atoms with Gasteiger partial charge in [0.25, 0.3) is 6.41 Å². The van der Waals surface area contributed by atoms with Crippen LogP contribution in [-0.4, -0.2) is 55.4 Å². The molecule has 0 aliphatic heterocycles. The van der Waals surface area contributed by atoms with E-state index in [1.165, 1.54) is 12.2 Å². The van der Waals surface area contributed by atoms with Gasteiger partial charge in [-0.25, -0.2) is 19.4 Å². The first-order valence-corrected chi connectivity index (χ1v) is 8.07. The molecule has 0 aliphatic carbocycles. The molecule has 0 saturated heterocycles. The first kappa shape index (κ1) is 21.2. The van der Waals surface area contributed by atoms with E-state index in [0.29, 0.717) is 31.6 Å². The van der Waals surface area contributed by atoms with Crippen LogP contribution in [0.15, 0.2) is 40.3 Å². The smallest absolute Gasteiger partial charge is 0.331 e. The van der Waals surface area contributed by atoms with Crippen LogP contribution in [0.2, 0.25) is 0 Å². The third kappa shape index (κ3) is 9.46. The number of hydrogen-bond acceptors (Lipinski definition) is 9. The molecule has 1 rings (SSSR count). The van der Waals surface area contributed by atoms with Crippen LogP contribution in [-0.2, 0) is 19.1 Å². The van der Waals surface area contributed by atoms with Crippen LogP contribution < -0.4 is 10.1 Å². The first-order chi connectivity index (χ1) is 12.7. The topological polar surface area (TPSA) is 127 Å². The Hall–Kier alpha value is -2.83. The molecule has 9 nitrogen and oxygen atoms in total. The standard InChI is InChI=1S/C17H21N3O6/c21-12-18-10-11-25-16(23)15(20-13-22)8-4-5-9-19-17(24)26-14-6-2-1-3-7-14/h1-3,6-7,15,17,19,24H,4-5,8-11H2. The molecule has 0 heterocycles. The van der Waals surface area contributed by atoms with E-state index in [-0.39, 0.29) is 13.2 Å².